The van der Waals surface area contributed by atoms with E-state index in [2.05, 4.69) is 10.3 Å². The van der Waals surface area contributed by atoms with Gasteiger partial charge in [-0.1, -0.05) is 12.8 Å². The Balaban J connectivity index is 2.07. The maximum atomic E-state index is 9.46. The molecule has 0 aromatic carbocycles. The Morgan fingerprint density at radius 1 is 1.44 bits per heavy atom. The number of nitrogens with zero attached hydrogens (tertiary/aromatic N) is 1. The fourth-order valence-electron chi connectivity index (χ4n) is 2.22. The van der Waals surface area contributed by atoms with E-state index in [1.54, 1.807) is 13.3 Å². The predicted octanol–water partition coefficient (Wildman–Crippen LogP) is 1.81. The van der Waals surface area contributed by atoms with E-state index in [9.17, 15) is 5.11 Å². The van der Waals surface area contributed by atoms with Gasteiger partial charge in [0, 0.05) is 0 Å². The SMILES string of the molecule is COc1ccc(NC2(CO)CCCC2)nc1. The van der Waals surface area contributed by atoms with E-state index in [-0.39, 0.29) is 12.1 Å². The van der Waals surface area contributed by atoms with Gasteiger partial charge in [-0.25, -0.2) is 4.98 Å². The highest BCUT2D eigenvalue weighted by atomic mass is 16.5. The van der Waals surface area contributed by atoms with Crippen molar-refractivity contribution in [1.82, 2.24) is 4.98 Å². The van der Waals surface area contributed by atoms with Gasteiger partial charge in [-0.05, 0) is 25.0 Å². The molecule has 4 heteroatoms. The number of hydrogen-bond acceptors (Lipinski definition) is 4. The largest absolute Gasteiger partial charge is 0.495 e. The zero-order chi connectivity index (χ0) is 11.4. The lowest BCUT2D eigenvalue weighted by Crippen LogP contribution is -2.39. The summed E-state index contributed by atoms with van der Waals surface area (Å²) in [6, 6.07) is 3.75. The summed E-state index contributed by atoms with van der Waals surface area (Å²) < 4.78 is 5.05. The standard InChI is InChI=1S/C12H18N2O2/c1-16-10-4-5-11(13-8-10)14-12(9-15)6-2-3-7-12/h4-5,8,15H,2-3,6-7,9H2,1H3,(H,13,14). The van der Waals surface area contributed by atoms with E-state index in [1.807, 2.05) is 12.1 Å². The van der Waals surface area contributed by atoms with Crippen molar-refractivity contribution in [2.75, 3.05) is 19.0 Å². The first-order chi connectivity index (χ1) is 7.78. The molecule has 0 unspecified atom stereocenters. The molecule has 0 amide bonds. The fourth-order valence-corrected chi connectivity index (χ4v) is 2.22. The molecule has 0 atom stereocenters. The minimum atomic E-state index is -0.165. The van der Waals surface area contributed by atoms with E-state index in [4.69, 9.17) is 4.74 Å². The number of rotatable bonds is 4. The van der Waals surface area contributed by atoms with E-state index in [0.29, 0.717) is 0 Å². The lowest BCUT2D eigenvalue weighted by Gasteiger charge is -2.28. The Hall–Kier alpha value is -1.29. The molecule has 1 aliphatic carbocycles. The lowest BCUT2D eigenvalue weighted by atomic mass is 9.99. The summed E-state index contributed by atoms with van der Waals surface area (Å²) in [6.45, 7) is 0.167. The van der Waals surface area contributed by atoms with Gasteiger partial charge in [-0.2, -0.15) is 0 Å². The van der Waals surface area contributed by atoms with Crippen LogP contribution in [0.1, 0.15) is 25.7 Å². The Morgan fingerprint density at radius 2 is 2.19 bits per heavy atom. The molecule has 0 spiro atoms. The van der Waals surface area contributed by atoms with Crippen molar-refractivity contribution in [1.29, 1.82) is 0 Å². The second-order valence-corrected chi connectivity index (χ2v) is 4.35. The summed E-state index contributed by atoms with van der Waals surface area (Å²) in [5.74, 6) is 1.55. The smallest absolute Gasteiger partial charge is 0.137 e. The number of methoxy groups -OCH3 is 1. The van der Waals surface area contributed by atoms with Crippen LogP contribution in [-0.2, 0) is 0 Å². The van der Waals surface area contributed by atoms with Gasteiger partial charge >= 0.3 is 0 Å². The Kier molecular flexibility index (Phi) is 3.29. The molecule has 1 fully saturated rings. The predicted molar refractivity (Wildman–Crippen MR) is 62.7 cm³/mol. The number of aliphatic hydroxyl groups excluding tert-OH is 1. The number of aliphatic hydroxyl groups is 1. The topological polar surface area (TPSA) is 54.4 Å². The number of ether oxygens (including phenoxy) is 1. The summed E-state index contributed by atoms with van der Waals surface area (Å²) in [6.07, 6.45) is 6.05. The maximum Gasteiger partial charge on any atom is 0.137 e. The number of nitrogens with one attached hydrogen (secondary N) is 1. The Labute approximate surface area is 95.7 Å². The average molecular weight is 222 g/mol. The highest BCUT2D eigenvalue weighted by molar-refractivity contribution is 5.40. The number of hydrogen-bond donors (Lipinski definition) is 2. The third kappa shape index (κ3) is 2.27. The van der Waals surface area contributed by atoms with Gasteiger partial charge in [-0.15, -0.1) is 0 Å². The van der Waals surface area contributed by atoms with E-state index < -0.39 is 0 Å². The van der Waals surface area contributed by atoms with Crippen LogP contribution in [0.15, 0.2) is 18.3 Å². The molecule has 1 aliphatic rings. The summed E-state index contributed by atoms with van der Waals surface area (Å²) in [4.78, 5) is 4.26. The van der Waals surface area contributed by atoms with Crippen molar-refractivity contribution in [3.63, 3.8) is 0 Å². The number of aromatic nitrogens is 1. The highest BCUT2D eigenvalue weighted by Crippen LogP contribution is 2.32. The molecule has 16 heavy (non-hydrogen) atoms. The fraction of sp³-hybridized carbons (Fsp3) is 0.583. The minimum Gasteiger partial charge on any atom is -0.495 e. The third-order valence-electron chi connectivity index (χ3n) is 3.23. The van der Waals surface area contributed by atoms with Crippen molar-refractivity contribution >= 4 is 5.82 Å². The normalized spacial score (nSPS) is 18.4. The molecule has 4 nitrogen and oxygen atoms in total. The van der Waals surface area contributed by atoms with Crippen LogP contribution in [0.3, 0.4) is 0 Å². The maximum absolute atomic E-state index is 9.46. The van der Waals surface area contributed by atoms with E-state index >= 15 is 0 Å². The molecule has 0 radical (unpaired) electrons. The number of pyridine rings is 1. The molecular formula is C12H18N2O2. The average Bonchev–Trinajstić information content (AvgIpc) is 2.79. The quantitative estimate of drug-likeness (QED) is 0.815. The van der Waals surface area contributed by atoms with Crippen LogP contribution in [0.5, 0.6) is 5.75 Å². The highest BCUT2D eigenvalue weighted by Gasteiger charge is 2.33. The second kappa shape index (κ2) is 4.70. The van der Waals surface area contributed by atoms with Crippen LogP contribution in [0.25, 0.3) is 0 Å². The molecule has 88 valence electrons. The van der Waals surface area contributed by atoms with Crippen LogP contribution in [0.2, 0.25) is 0 Å². The number of anilines is 1. The molecule has 1 heterocycles. The van der Waals surface area contributed by atoms with E-state index in [1.165, 1.54) is 12.8 Å². The third-order valence-corrected chi connectivity index (χ3v) is 3.23. The molecule has 0 aliphatic heterocycles. The summed E-state index contributed by atoms with van der Waals surface area (Å²) >= 11 is 0. The van der Waals surface area contributed by atoms with Gasteiger partial charge in [0.1, 0.15) is 11.6 Å². The summed E-state index contributed by atoms with van der Waals surface area (Å²) in [7, 11) is 1.62. The van der Waals surface area contributed by atoms with Crippen molar-refractivity contribution in [2.24, 2.45) is 0 Å². The molecule has 1 aromatic heterocycles. The first-order valence-corrected chi connectivity index (χ1v) is 5.67. The first kappa shape index (κ1) is 11.2. The van der Waals surface area contributed by atoms with Gasteiger partial charge in [0.15, 0.2) is 0 Å². The van der Waals surface area contributed by atoms with Crippen LogP contribution in [0, 0.1) is 0 Å². The van der Waals surface area contributed by atoms with Gasteiger partial charge < -0.3 is 15.2 Å². The van der Waals surface area contributed by atoms with Crippen molar-refractivity contribution in [2.45, 2.75) is 31.2 Å². The molecule has 2 N–H and O–H groups in total. The Morgan fingerprint density at radius 3 is 2.69 bits per heavy atom. The zero-order valence-electron chi connectivity index (χ0n) is 9.57. The van der Waals surface area contributed by atoms with Crippen LogP contribution < -0.4 is 10.1 Å². The molecule has 2 rings (SSSR count). The van der Waals surface area contributed by atoms with Gasteiger partial charge in [0.25, 0.3) is 0 Å². The van der Waals surface area contributed by atoms with E-state index in [0.717, 1.165) is 24.4 Å². The van der Waals surface area contributed by atoms with Crippen LogP contribution in [0.4, 0.5) is 5.82 Å². The molecular weight excluding hydrogens is 204 g/mol. The zero-order valence-corrected chi connectivity index (χ0v) is 9.57. The van der Waals surface area contributed by atoms with Crippen LogP contribution >= 0.6 is 0 Å². The van der Waals surface area contributed by atoms with Gasteiger partial charge in [0.05, 0.1) is 25.5 Å². The second-order valence-electron chi connectivity index (χ2n) is 4.35. The van der Waals surface area contributed by atoms with Crippen molar-refractivity contribution < 1.29 is 9.84 Å². The van der Waals surface area contributed by atoms with Gasteiger partial charge in [0.2, 0.25) is 0 Å². The van der Waals surface area contributed by atoms with Crippen molar-refractivity contribution in [3.8, 4) is 5.75 Å². The molecule has 0 saturated heterocycles. The van der Waals surface area contributed by atoms with Gasteiger partial charge in [-0.3, -0.25) is 0 Å². The van der Waals surface area contributed by atoms with Crippen LogP contribution in [-0.4, -0.2) is 29.3 Å². The summed E-state index contributed by atoms with van der Waals surface area (Å²) in [5.41, 5.74) is -0.165. The monoisotopic (exact) mass is 222 g/mol. The lowest BCUT2D eigenvalue weighted by molar-refractivity contribution is 0.214. The van der Waals surface area contributed by atoms with Crippen molar-refractivity contribution in [3.05, 3.63) is 18.3 Å². The molecule has 1 saturated carbocycles. The molecule has 1 aromatic rings. The summed E-state index contributed by atoms with van der Waals surface area (Å²) in [5, 5.41) is 12.8. The minimum absolute atomic E-state index is 0.165. The first-order valence-electron chi connectivity index (χ1n) is 5.67. The Bertz CT molecular complexity index is 331. The molecule has 0 bridgehead atoms.